The second-order valence-corrected chi connectivity index (χ2v) is 3.90. The van der Waals surface area contributed by atoms with Gasteiger partial charge in [-0.05, 0) is 31.2 Å². The first-order valence-electron chi connectivity index (χ1n) is 5.85. The Bertz CT molecular complexity index is 427. The maximum absolute atomic E-state index is 11.4. The van der Waals surface area contributed by atoms with Crippen LogP contribution in [0.2, 0.25) is 0 Å². The molecule has 0 spiro atoms. The van der Waals surface area contributed by atoms with Crippen LogP contribution >= 0.6 is 0 Å². The summed E-state index contributed by atoms with van der Waals surface area (Å²) >= 11 is 0. The predicted octanol–water partition coefficient (Wildman–Crippen LogP) is 1.30. The molecular formula is C13H17NO5. The first-order chi connectivity index (χ1) is 8.97. The van der Waals surface area contributed by atoms with Crippen molar-refractivity contribution in [3.63, 3.8) is 0 Å². The van der Waals surface area contributed by atoms with Gasteiger partial charge in [0.1, 0.15) is 5.75 Å². The minimum atomic E-state index is -0.898. The molecule has 0 saturated heterocycles. The van der Waals surface area contributed by atoms with Crippen molar-refractivity contribution in [3.05, 3.63) is 24.3 Å². The van der Waals surface area contributed by atoms with Crippen LogP contribution in [0.5, 0.6) is 5.75 Å². The van der Waals surface area contributed by atoms with Crippen LogP contribution in [0.25, 0.3) is 0 Å². The number of nitrogens with one attached hydrogen (secondary N) is 1. The van der Waals surface area contributed by atoms with Crippen molar-refractivity contribution in [2.75, 3.05) is 11.9 Å². The number of hydrogen-bond acceptors (Lipinski definition) is 5. The van der Waals surface area contributed by atoms with Gasteiger partial charge in [0.25, 0.3) is 0 Å². The zero-order valence-corrected chi connectivity index (χ0v) is 10.9. The highest BCUT2D eigenvalue weighted by atomic mass is 16.6. The fourth-order valence-corrected chi connectivity index (χ4v) is 1.30. The fourth-order valence-electron chi connectivity index (χ4n) is 1.30. The van der Waals surface area contributed by atoms with Gasteiger partial charge in [-0.2, -0.15) is 0 Å². The average Bonchev–Trinajstić information content (AvgIpc) is 2.30. The third-order valence-electron chi connectivity index (χ3n) is 2.07. The van der Waals surface area contributed by atoms with E-state index in [1.54, 1.807) is 24.3 Å². The molecule has 0 saturated carbocycles. The van der Waals surface area contributed by atoms with Crippen molar-refractivity contribution in [1.29, 1.82) is 0 Å². The summed E-state index contributed by atoms with van der Waals surface area (Å²) in [5.41, 5.74) is 0.629. The summed E-state index contributed by atoms with van der Waals surface area (Å²) in [6.07, 6.45) is -0.844. The largest absolute Gasteiger partial charge is 0.426 e. The second-order valence-electron chi connectivity index (χ2n) is 3.90. The normalized spacial score (nSPS) is 11.7. The van der Waals surface area contributed by atoms with Gasteiger partial charge in [-0.1, -0.05) is 0 Å². The van der Waals surface area contributed by atoms with Crippen LogP contribution in [0.3, 0.4) is 0 Å². The van der Waals surface area contributed by atoms with Gasteiger partial charge in [0.15, 0.2) is 6.29 Å². The van der Waals surface area contributed by atoms with E-state index in [-0.39, 0.29) is 18.9 Å². The minimum absolute atomic E-state index is 0.0539. The number of amides is 1. The smallest absolute Gasteiger partial charge is 0.313 e. The van der Waals surface area contributed by atoms with E-state index in [4.69, 9.17) is 14.6 Å². The van der Waals surface area contributed by atoms with E-state index < -0.39 is 12.3 Å². The van der Waals surface area contributed by atoms with Crippen LogP contribution in [-0.2, 0) is 14.3 Å². The number of hydrogen-bond donors (Lipinski definition) is 2. The molecule has 0 aliphatic heterocycles. The van der Waals surface area contributed by atoms with Crippen LogP contribution in [0.4, 0.5) is 5.69 Å². The summed E-state index contributed by atoms with van der Waals surface area (Å²) < 4.78 is 9.86. The molecule has 1 amide bonds. The number of carbonyl (C=O) groups is 2. The van der Waals surface area contributed by atoms with E-state index in [1.165, 1.54) is 13.8 Å². The van der Waals surface area contributed by atoms with Crippen molar-refractivity contribution in [2.45, 2.75) is 26.6 Å². The number of rotatable bonds is 6. The Balaban J connectivity index is 2.40. The van der Waals surface area contributed by atoms with Gasteiger partial charge in [-0.15, -0.1) is 0 Å². The Kier molecular flexibility index (Phi) is 5.98. The summed E-state index contributed by atoms with van der Waals surface area (Å²) in [7, 11) is 0. The Morgan fingerprint density at radius 3 is 2.47 bits per heavy atom. The summed E-state index contributed by atoms with van der Waals surface area (Å²) in [6.45, 7) is 2.97. The number of anilines is 1. The molecule has 1 rings (SSSR count). The molecule has 0 aliphatic carbocycles. The number of aliphatic hydroxyl groups is 1. The van der Waals surface area contributed by atoms with E-state index in [0.717, 1.165) is 0 Å². The number of aliphatic hydroxyl groups excluding tert-OH is 1. The molecule has 1 aromatic carbocycles. The molecule has 0 fully saturated rings. The highest BCUT2D eigenvalue weighted by molar-refractivity contribution is 5.88. The SMILES string of the molecule is CC(=O)Nc1ccc(OC(=O)CCOC(C)O)cc1. The predicted molar refractivity (Wildman–Crippen MR) is 68.6 cm³/mol. The lowest BCUT2D eigenvalue weighted by Gasteiger charge is -2.07. The Morgan fingerprint density at radius 1 is 1.32 bits per heavy atom. The standard InChI is InChI=1S/C13H17NO5/c1-9(15)14-11-3-5-12(6-4-11)19-13(17)7-8-18-10(2)16/h3-6,10,16H,7-8H2,1-2H3,(H,14,15). The van der Waals surface area contributed by atoms with Crippen molar-refractivity contribution in [3.8, 4) is 5.75 Å². The van der Waals surface area contributed by atoms with Crippen LogP contribution in [0.1, 0.15) is 20.3 Å². The molecule has 6 heteroatoms. The molecule has 104 valence electrons. The third-order valence-corrected chi connectivity index (χ3v) is 2.07. The lowest BCUT2D eigenvalue weighted by molar-refractivity contribution is -0.139. The number of benzene rings is 1. The van der Waals surface area contributed by atoms with Crippen LogP contribution in [0, 0.1) is 0 Å². The lowest BCUT2D eigenvalue weighted by atomic mass is 10.3. The van der Waals surface area contributed by atoms with E-state index in [9.17, 15) is 9.59 Å². The summed E-state index contributed by atoms with van der Waals surface area (Å²) in [5.74, 6) is -0.232. The average molecular weight is 267 g/mol. The molecule has 1 atom stereocenters. The van der Waals surface area contributed by atoms with Crippen molar-refractivity contribution < 1.29 is 24.2 Å². The van der Waals surface area contributed by atoms with Crippen LogP contribution in [0.15, 0.2) is 24.3 Å². The molecule has 0 bridgehead atoms. The van der Waals surface area contributed by atoms with Crippen molar-refractivity contribution in [2.24, 2.45) is 0 Å². The van der Waals surface area contributed by atoms with E-state index in [1.807, 2.05) is 0 Å². The molecule has 1 unspecified atom stereocenters. The zero-order chi connectivity index (χ0) is 14.3. The molecule has 6 nitrogen and oxygen atoms in total. The lowest BCUT2D eigenvalue weighted by Crippen LogP contribution is -2.14. The summed E-state index contributed by atoms with van der Waals surface area (Å²) in [6, 6.07) is 6.43. The van der Waals surface area contributed by atoms with Crippen molar-refractivity contribution >= 4 is 17.6 Å². The van der Waals surface area contributed by atoms with Gasteiger partial charge in [0.05, 0.1) is 13.0 Å². The fraction of sp³-hybridized carbons (Fsp3) is 0.385. The first-order valence-corrected chi connectivity index (χ1v) is 5.85. The summed E-state index contributed by atoms with van der Waals surface area (Å²) in [4.78, 5) is 22.2. The van der Waals surface area contributed by atoms with Crippen molar-refractivity contribution in [1.82, 2.24) is 0 Å². The molecule has 0 radical (unpaired) electrons. The highest BCUT2D eigenvalue weighted by Crippen LogP contribution is 2.16. The molecule has 2 N–H and O–H groups in total. The van der Waals surface area contributed by atoms with Gasteiger partial charge in [0, 0.05) is 12.6 Å². The van der Waals surface area contributed by atoms with E-state index in [2.05, 4.69) is 5.32 Å². The van der Waals surface area contributed by atoms with Crippen LogP contribution < -0.4 is 10.1 Å². The number of ether oxygens (including phenoxy) is 2. The van der Waals surface area contributed by atoms with Gasteiger partial charge in [0.2, 0.25) is 5.91 Å². The second kappa shape index (κ2) is 7.50. The highest BCUT2D eigenvalue weighted by Gasteiger charge is 2.06. The third kappa shape index (κ3) is 6.54. The van der Waals surface area contributed by atoms with E-state index >= 15 is 0 Å². The zero-order valence-electron chi connectivity index (χ0n) is 10.9. The molecule has 0 heterocycles. The van der Waals surface area contributed by atoms with Gasteiger partial charge in [-0.25, -0.2) is 0 Å². The Labute approximate surface area is 111 Å². The molecule has 1 aromatic rings. The summed E-state index contributed by atoms with van der Waals surface area (Å²) in [5, 5.41) is 11.5. The van der Waals surface area contributed by atoms with Gasteiger partial charge >= 0.3 is 5.97 Å². The topological polar surface area (TPSA) is 84.9 Å². The van der Waals surface area contributed by atoms with Gasteiger partial charge < -0.3 is 19.9 Å². The molecule has 19 heavy (non-hydrogen) atoms. The maximum atomic E-state index is 11.4. The minimum Gasteiger partial charge on any atom is -0.426 e. The number of carbonyl (C=O) groups excluding carboxylic acids is 2. The Hall–Kier alpha value is -1.92. The molecular weight excluding hydrogens is 250 g/mol. The molecule has 0 aromatic heterocycles. The van der Waals surface area contributed by atoms with Gasteiger partial charge in [-0.3, -0.25) is 9.59 Å². The maximum Gasteiger partial charge on any atom is 0.313 e. The molecule has 0 aliphatic rings. The number of esters is 1. The monoisotopic (exact) mass is 267 g/mol. The van der Waals surface area contributed by atoms with E-state index in [0.29, 0.717) is 11.4 Å². The Morgan fingerprint density at radius 2 is 1.95 bits per heavy atom. The van der Waals surface area contributed by atoms with Crippen LogP contribution in [-0.4, -0.2) is 29.9 Å². The quantitative estimate of drug-likeness (QED) is 0.461. The first kappa shape index (κ1) is 15.1.